The predicted octanol–water partition coefficient (Wildman–Crippen LogP) is 3.35. The smallest absolute Gasteiger partial charge is 0.268 e. The second kappa shape index (κ2) is 7.57. The number of amides is 1. The Labute approximate surface area is 144 Å². The van der Waals surface area contributed by atoms with Crippen LogP contribution in [0.3, 0.4) is 0 Å². The van der Waals surface area contributed by atoms with Gasteiger partial charge in [-0.1, -0.05) is 35.9 Å². The normalized spacial score (nSPS) is 10.9. The van der Waals surface area contributed by atoms with Gasteiger partial charge in [0.25, 0.3) is 5.91 Å². The van der Waals surface area contributed by atoms with Crippen LogP contribution in [0.2, 0.25) is 5.02 Å². The van der Waals surface area contributed by atoms with E-state index in [0.29, 0.717) is 17.1 Å². The van der Waals surface area contributed by atoms with E-state index < -0.39 is 0 Å². The van der Waals surface area contributed by atoms with E-state index in [-0.39, 0.29) is 5.91 Å². The molecule has 3 aromatic rings. The molecule has 6 heteroatoms. The topological polar surface area (TPSA) is 59.3 Å². The monoisotopic (exact) mass is 338 g/mol. The highest BCUT2D eigenvalue weighted by Crippen LogP contribution is 2.08. The summed E-state index contributed by atoms with van der Waals surface area (Å²) in [4.78, 5) is 12.2. The Morgan fingerprint density at radius 2 is 2.04 bits per heavy atom. The Bertz CT molecular complexity index is 842. The lowest BCUT2D eigenvalue weighted by Crippen LogP contribution is -2.18. The first-order chi connectivity index (χ1) is 11.7. The number of nitrogens with zero attached hydrogens (tertiary/aromatic N) is 3. The number of hydrazone groups is 1. The van der Waals surface area contributed by atoms with Crippen LogP contribution < -0.4 is 5.43 Å². The molecule has 0 atom stereocenters. The molecule has 0 bridgehead atoms. The van der Waals surface area contributed by atoms with Crippen LogP contribution in [0.1, 0.15) is 21.5 Å². The number of hydrogen-bond acceptors (Lipinski definition) is 3. The van der Waals surface area contributed by atoms with E-state index >= 15 is 0 Å². The van der Waals surface area contributed by atoms with Crippen LogP contribution in [0.5, 0.6) is 0 Å². The maximum absolute atomic E-state index is 12.2. The molecule has 0 radical (unpaired) electrons. The number of carbonyl (C=O) groups excluding carboxylic acids is 1. The summed E-state index contributed by atoms with van der Waals surface area (Å²) in [6.07, 6.45) is 5.17. The first-order valence-corrected chi connectivity index (χ1v) is 7.74. The third-order valence-corrected chi connectivity index (χ3v) is 3.59. The van der Waals surface area contributed by atoms with Gasteiger partial charge in [-0.15, -0.1) is 0 Å². The Balaban J connectivity index is 1.63. The maximum Gasteiger partial charge on any atom is 0.271 e. The van der Waals surface area contributed by atoms with Crippen LogP contribution in [0.4, 0.5) is 0 Å². The van der Waals surface area contributed by atoms with E-state index in [9.17, 15) is 4.79 Å². The second-order valence-electron chi connectivity index (χ2n) is 5.15. The Morgan fingerprint density at radius 3 is 2.79 bits per heavy atom. The van der Waals surface area contributed by atoms with Gasteiger partial charge in [-0.05, 0) is 41.5 Å². The summed E-state index contributed by atoms with van der Waals surface area (Å²) in [5.41, 5.74) is 4.92. The number of nitrogens with one attached hydrogen (secondary N) is 1. The molecule has 5 nitrogen and oxygen atoms in total. The molecule has 0 aliphatic rings. The molecule has 3 rings (SSSR count). The fraction of sp³-hybridized carbons (Fsp3) is 0.0556. The lowest BCUT2D eigenvalue weighted by atomic mass is 10.1. The van der Waals surface area contributed by atoms with Crippen molar-refractivity contribution >= 4 is 23.7 Å². The molecular weight excluding hydrogens is 324 g/mol. The van der Waals surface area contributed by atoms with Crippen molar-refractivity contribution in [2.75, 3.05) is 0 Å². The zero-order chi connectivity index (χ0) is 16.8. The first kappa shape index (κ1) is 16.0. The van der Waals surface area contributed by atoms with Crippen molar-refractivity contribution in [2.24, 2.45) is 5.10 Å². The summed E-state index contributed by atoms with van der Waals surface area (Å²) in [5, 5.41) is 8.78. The van der Waals surface area contributed by atoms with Gasteiger partial charge in [-0.3, -0.25) is 9.48 Å². The molecule has 0 spiro atoms. The van der Waals surface area contributed by atoms with Crippen molar-refractivity contribution in [3.8, 4) is 0 Å². The van der Waals surface area contributed by atoms with Crippen molar-refractivity contribution in [3.63, 3.8) is 0 Å². The molecule has 1 amide bonds. The van der Waals surface area contributed by atoms with Crippen molar-refractivity contribution in [2.45, 2.75) is 6.54 Å². The van der Waals surface area contributed by atoms with Gasteiger partial charge >= 0.3 is 0 Å². The van der Waals surface area contributed by atoms with Crippen LogP contribution in [-0.4, -0.2) is 21.9 Å². The second-order valence-corrected chi connectivity index (χ2v) is 5.59. The van der Waals surface area contributed by atoms with Crippen molar-refractivity contribution in [1.29, 1.82) is 0 Å². The van der Waals surface area contributed by atoms with Gasteiger partial charge in [0, 0.05) is 23.0 Å². The molecule has 0 aliphatic heterocycles. The first-order valence-electron chi connectivity index (χ1n) is 7.36. The van der Waals surface area contributed by atoms with Crippen molar-refractivity contribution in [3.05, 3.63) is 88.7 Å². The lowest BCUT2D eigenvalue weighted by molar-refractivity contribution is 0.0955. The molecule has 0 unspecified atom stereocenters. The molecule has 0 fully saturated rings. The van der Waals surface area contributed by atoms with Crippen molar-refractivity contribution in [1.82, 2.24) is 15.2 Å². The summed E-state index contributed by atoms with van der Waals surface area (Å²) in [5.74, 6) is -0.262. The summed E-state index contributed by atoms with van der Waals surface area (Å²) in [6, 6.07) is 16.4. The molecule has 1 aromatic heterocycles. The third-order valence-electron chi connectivity index (χ3n) is 3.34. The van der Waals surface area contributed by atoms with Gasteiger partial charge in [0.05, 0.1) is 12.8 Å². The lowest BCUT2D eigenvalue weighted by Gasteiger charge is -2.05. The van der Waals surface area contributed by atoms with Gasteiger partial charge in [0.1, 0.15) is 0 Å². The fourth-order valence-corrected chi connectivity index (χ4v) is 2.30. The van der Waals surface area contributed by atoms with Crippen molar-refractivity contribution < 1.29 is 4.79 Å². The molecular formula is C18H15ClN4O. The quantitative estimate of drug-likeness (QED) is 0.573. The van der Waals surface area contributed by atoms with Crippen LogP contribution in [0.15, 0.2) is 72.1 Å². The van der Waals surface area contributed by atoms with Gasteiger partial charge in [-0.2, -0.15) is 10.2 Å². The van der Waals surface area contributed by atoms with Gasteiger partial charge in [0.15, 0.2) is 0 Å². The molecule has 1 heterocycles. The predicted molar refractivity (Wildman–Crippen MR) is 94.3 cm³/mol. The summed E-state index contributed by atoms with van der Waals surface area (Å²) >= 11 is 5.82. The zero-order valence-corrected chi connectivity index (χ0v) is 13.5. The standard InChI is InChI=1S/C18H15ClN4O/c19-17-7-5-14(6-8-17)12-20-22-18(24)16-4-1-3-15(11-16)13-23-10-2-9-21-23/h1-12H,13H2,(H,22,24)/b20-12+. The van der Waals surface area contributed by atoms with Crippen LogP contribution in [-0.2, 0) is 6.54 Å². The van der Waals surface area contributed by atoms with Crippen LogP contribution in [0, 0.1) is 0 Å². The van der Waals surface area contributed by atoms with E-state index in [1.165, 1.54) is 0 Å². The van der Waals surface area contributed by atoms with Gasteiger partial charge < -0.3 is 0 Å². The Hall–Kier alpha value is -2.92. The Morgan fingerprint density at radius 1 is 1.21 bits per heavy atom. The van der Waals surface area contributed by atoms with E-state index in [0.717, 1.165) is 11.1 Å². The molecule has 1 N–H and O–H groups in total. The van der Waals surface area contributed by atoms with Gasteiger partial charge in [-0.25, -0.2) is 5.43 Å². The van der Waals surface area contributed by atoms with Crippen LogP contribution >= 0.6 is 11.6 Å². The number of carbonyl (C=O) groups is 1. The van der Waals surface area contributed by atoms with E-state index in [1.807, 2.05) is 42.6 Å². The number of halogens is 1. The number of benzene rings is 2. The summed E-state index contributed by atoms with van der Waals surface area (Å²) in [7, 11) is 0. The molecule has 0 aliphatic carbocycles. The minimum atomic E-state index is -0.262. The summed E-state index contributed by atoms with van der Waals surface area (Å²) in [6.45, 7) is 0.613. The van der Waals surface area contributed by atoms with E-state index in [4.69, 9.17) is 11.6 Å². The zero-order valence-electron chi connectivity index (χ0n) is 12.8. The highest BCUT2D eigenvalue weighted by atomic mass is 35.5. The molecule has 0 saturated heterocycles. The molecule has 2 aromatic carbocycles. The van der Waals surface area contributed by atoms with E-state index in [1.54, 1.807) is 35.3 Å². The average molecular weight is 339 g/mol. The molecule has 0 saturated carbocycles. The molecule has 24 heavy (non-hydrogen) atoms. The highest BCUT2D eigenvalue weighted by Gasteiger charge is 2.05. The SMILES string of the molecule is O=C(N/N=C/c1ccc(Cl)cc1)c1cccc(Cn2cccn2)c1. The van der Waals surface area contributed by atoms with Crippen LogP contribution in [0.25, 0.3) is 0 Å². The maximum atomic E-state index is 12.2. The molecule has 120 valence electrons. The minimum Gasteiger partial charge on any atom is -0.268 e. The minimum absolute atomic E-state index is 0.262. The third kappa shape index (κ3) is 4.30. The summed E-state index contributed by atoms with van der Waals surface area (Å²) < 4.78 is 1.80. The number of rotatable bonds is 5. The highest BCUT2D eigenvalue weighted by molar-refractivity contribution is 6.30. The Kier molecular flexibility index (Phi) is 5.03. The number of hydrogen-bond donors (Lipinski definition) is 1. The van der Waals surface area contributed by atoms with Gasteiger partial charge in [0.2, 0.25) is 0 Å². The number of aromatic nitrogens is 2. The average Bonchev–Trinajstić information content (AvgIpc) is 3.10. The van der Waals surface area contributed by atoms with E-state index in [2.05, 4.69) is 15.6 Å². The fourth-order valence-electron chi connectivity index (χ4n) is 2.17. The largest absolute Gasteiger partial charge is 0.271 e.